The maximum Gasteiger partial charge on any atom is 0.261 e. The van der Waals surface area contributed by atoms with Crippen molar-refractivity contribution in [3.8, 4) is 5.75 Å². The molecule has 0 saturated carbocycles. The zero-order valence-electron chi connectivity index (χ0n) is 16.7. The standard InChI is InChI=1S/C23H24N2O4S/c1-29-20-10-7-8-18(16-20)14-15-23(26)24-17-19-9-5-6-13-22(19)25-30(27,28)21-11-3-2-4-12-21/h2-13,16,25H,14-15,17H2,1H3,(H,24,26). The van der Waals surface area contributed by atoms with Crippen LogP contribution in [0.5, 0.6) is 5.75 Å². The number of rotatable bonds is 9. The fourth-order valence-electron chi connectivity index (χ4n) is 2.95. The van der Waals surface area contributed by atoms with E-state index in [9.17, 15) is 13.2 Å². The van der Waals surface area contributed by atoms with Gasteiger partial charge in [0.1, 0.15) is 5.75 Å². The highest BCUT2D eigenvalue weighted by Crippen LogP contribution is 2.20. The molecule has 0 unspecified atom stereocenters. The van der Waals surface area contributed by atoms with Crippen molar-refractivity contribution in [1.29, 1.82) is 0 Å². The monoisotopic (exact) mass is 424 g/mol. The number of carbonyl (C=O) groups excluding carboxylic acids is 1. The molecule has 0 bridgehead atoms. The zero-order chi connectivity index (χ0) is 21.4. The van der Waals surface area contributed by atoms with E-state index in [-0.39, 0.29) is 17.3 Å². The van der Waals surface area contributed by atoms with E-state index >= 15 is 0 Å². The van der Waals surface area contributed by atoms with Gasteiger partial charge in [0.25, 0.3) is 10.0 Å². The van der Waals surface area contributed by atoms with Crippen molar-refractivity contribution in [3.05, 3.63) is 90.0 Å². The van der Waals surface area contributed by atoms with Crippen molar-refractivity contribution < 1.29 is 17.9 Å². The van der Waals surface area contributed by atoms with Gasteiger partial charge in [-0.1, -0.05) is 48.5 Å². The number of methoxy groups -OCH3 is 1. The summed E-state index contributed by atoms with van der Waals surface area (Å²) in [7, 11) is -2.10. The maximum atomic E-state index is 12.6. The van der Waals surface area contributed by atoms with E-state index in [1.807, 2.05) is 24.3 Å². The van der Waals surface area contributed by atoms with Crippen LogP contribution in [0.1, 0.15) is 17.5 Å². The largest absolute Gasteiger partial charge is 0.497 e. The van der Waals surface area contributed by atoms with E-state index in [0.29, 0.717) is 24.1 Å². The lowest BCUT2D eigenvalue weighted by molar-refractivity contribution is -0.121. The van der Waals surface area contributed by atoms with E-state index in [0.717, 1.165) is 11.3 Å². The van der Waals surface area contributed by atoms with Crippen molar-refractivity contribution in [2.75, 3.05) is 11.8 Å². The minimum absolute atomic E-state index is 0.112. The Labute approximate surface area is 177 Å². The first-order valence-electron chi connectivity index (χ1n) is 9.53. The number of carbonyl (C=O) groups is 1. The molecule has 0 atom stereocenters. The smallest absolute Gasteiger partial charge is 0.261 e. The predicted octanol–water partition coefficient (Wildman–Crippen LogP) is 3.75. The van der Waals surface area contributed by atoms with Gasteiger partial charge in [-0.15, -0.1) is 0 Å². The maximum absolute atomic E-state index is 12.6. The van der Waals surface area contributed by atoms with Crippen LogP contribution in [0.15, 0.2) is 83.8 Å². The second-order valence-corrected chi connectivity index (χ2v) is 8.39. The molecule has 1 amide bonds. The Morgan fingerprint density at radius 3 is 2.43 bits per heavy atom. The summed E-state index contributed by atoms with van der Waals surface area (Å²) in [5.41, 5.74) is 2.14. The van der Waals surface area contributed by atoms with Gasteiger partial charge >= 0.3 is 0 Å². The average molecular weight is 425 g/mol. The molecule has 0 aliphatic heterocycles. The van der Waals surface area contributed by atoms with Crippen LogP contribution in [0.25, 0.3) is 0 Å². The molecule has 0 heterocycles. The van der Waals surface area contributed by atoms with Gasteiger partial charge < -0.3 is 10.1 Å². The van der Waals surface area contributed by atoms with Gasteiger partial charge in [0.15, 0.2) is 0 Å². The molecule has 0 aromatic heterocycles. The van der Waals surface area contributed by atoms with Gasteiger partial charge in [0.2, 0.25) is 5.91 Å². The van der Waals surface area contributed by atoms with Crippen LogP contribution in [0, 0.1) is 0 Å². The molecular weight excluding hydrogens is 400 g/mol. The summed E-state index contributed by atoms with van der Waals surface area (Å²) in [4.78, 5) is 12.5. The quantitative estimate of drug-likeness (QED) is 0.548. The highest BCUT2D eigenvalue weighted by Gasteiger charge is 2.15. The van der Waals surface area contributed by atoms with Crippen LogP contribution in [-0.4, -0.2) is 21.4 Å². The number of nitrogens with one attached hydrogen (secondary N) is 2. The van der Waals surface area contributed by atoms with Gasteiger partial charge in [0.05, 0.1) is 17.7 Å². The molecule has 0 aliphatic carbocycles. The number of benzene rings is 3. The van der Waals surface area contributed by atoms with Crippen LogP contribution in [0.2, 0.25) is 0 Å². The van der Waals surface area contributed by atoms with Gasteiger partial charge in [-0.25, -0.2) is 8.42 Å². The second kappa shape index (κ2) is 9.93. The Kier molecular flexibility index (Phi) is 7.08. The van der Waals surface area contributed by atoms with E-state index in [4.69, 9.17) is 4.74 Å². The molecule has 0 aliphatic rings. The normalized spacial score (nSPS) is 11.0. The summed E-state index contributed by atoms with van der Waals surface area (Å²) < 4.78 is 33.0. The number of sulfonamides is 1. The minimum atomic E-state index is -3.70. The average Bonchev–Trinajstić information content (AvgIpc) is 2.77. The minimum Gasteiger partial charge on any atom is -0.497 e. The van der Waals surface area contributed by atoms with Crippen LogP contribution < -0.4 is 14.8 Å². The zero-order valence-corrected chi connectivity index (χ0v) is 17.5. The third kappa shape index (κ3) is 5.84. The van der Waals surface area contributed by atoms with Crippen LogP contribution in [-0.2, 0) is 27.8 Å². The third-order valence-corrected chi connectivity index (χ3v) is 5.95. The van der Waals surface area contributed by atoms with E-state index in [2.05, 4.69) is 10.0 Å². The summed E-state index contributed by atoms with van der Waals surface area (Å²) in [6.07, 6.45) is 0.913. The molecule has 3 aromatic carbocycles. The lowest BCUT2D eigenvalue weighted by Crippen LogP contribution is -2.24. The van der Waals surface area contributed by atoms with E-state index in [1.54, 1.807) is 49.6 Å². The lowest BCUT2D eigenvalue weighted by atomic mass is 10.1. The summed E-state index contributed by atoms with van der Waals surface area (Å²) in [5, 5.41) is 2.86. The number of hydrogen-bond acceptors (Lipinski definition) is 4. The Balaban J connectivity index is 1.60. The van der Waals surface area contributed by atoms with Gasteiger partial charge in [-0.2, -0.15) is 0 Å². The first kappa shape index (κ1) is 21.4. The molecule has 7 heteroatoms. The first-order valence-corrected chi connectivity index (χ1v) is 11.0. The number of hydrogen-bond donors (Lipinski definition) is 2. The van der Waals surface area contributed by atoms with E-state index in [1.165, 1.54) is 12.1 Å². The molecule has 2 N–H and O–H groups in total. The van der Waals surface area contributed by atoms with E-state index < -0.39 is 10.0 Å². The first-order chi connectivity index (χ1) is 14.5. The Bertz CT molecular complexity index is 1100. The molecule has 0 fully saturated rings. The number of amides is 1. The van der Waals surface area contributed by atoms with Crippen LogP contribution in [0.3, 0.4) is 0 Å². The number of para-hydroxylation sites is 1. The van der Waals surface area contributed by atoms with Crippen LogP contribution >= 0.6 is 0 Å². The van der Waals surface area contributed by atoms with Crippen molar-refractivity contribution in [3.63, 3.8) is 0 Å². The summed E-state index contributed by atoms with van der Waals surface area (Å²) in [6, 6.07) is 22.8. The SMILES string of the molecule is COc1cccc(CCC(=O)NCc2ccccc2NS(=O)(=O)c2ccccc2)c1. The Hall–Kier alpha value is -3.32. The molecule has 3 rings (SSSR count). The second-order valence-electron chi connectivity index (χ2n) is 6.70. The number of ether oxygens (including phenoxy) is 1. The Morgan fingerprint density at radius 1 is 0.933 bits per heavy atom. The highest BCUT2D eigenvalue weighted by molar-refractivity contribution is 7.92. The number of aryl methyl sites for hydroxylation is 1. The van der Waals surface area contributed by atoms with Crippen molar-refractivity contribution in [1.82, 2.24) is 5.32 Å². The fraction of sp³-hybridized carbons (Fsp3) is 0.174. The third-order valence-electron chi connectivity index (χ3n) is 4.57. The highest BCUT2D eigenvalue weighted by atomic mass is 32.2. The molecule has 3 aromatic rings. The molecular formula is C23H24N2O4S. The Morgan fingerprint density at radius 2 is 1.67 bits per heavy atom. The summed E-state index contributed by atoms with van der Waals surface area (Å²) in [5.74, 6) is 0.645. The topological polar surface area (TPSA) is 84.5 Å². The molecule has 30 heavy (non-hydrogen) atoms. The molecule has 6 nitrogen and oxygen atoms in total. The molecule has 156 valence electrons. The van der Waals surface area contributed by atoms with Gasteiger partial charge in [-0.05, 0) is 47.9 Å². The van der Waals surface area contributed by atoms with Crippen molar-refractivity contribution in [2.24, 2.45) is 0 Å². The number of anilines is 1. The summed E-state index contributed by atoms with van der Waals surface area (Å²) >= 11 is 0. The molecule has 0 saturated heterocycles. The molecule has 0 radical (unpaired) electrons. The summed E-state index contributed by atoms with van der Waals surface area (Å²) in [6.45, 7) is 0.227. The predicted molar refractivity (Wildman–Crippen MR) is 117 cm³/mol. The van der Waals surface area contributed by atoms with Crippen LogP contribution in [0.4, 0.5) is 5.69 Å². The van der Waals surface area contributed by atoms with Gasteiger partial charge in [-0.3, -0.25) is 9.52 Å². The van der Waals surface area contributed by atoms with Gasteiger partial charge in [0, 0.05) is 13.0 Å². The van der Waals surface area contributed by atoms with Crippen molar-refractivity contribution in [2.45, 2.75) is 24.3 Å². The van der Waals surface area contributed by atoms with Crippen molar-refractivity contribution >= 4 is 21.6 Å². The fourth-order valence-corrected chi connectivity index (χ4v) is 4.07. The molecule has 0 spiro atoms. The lowest BCUT2D eigenvalue weighted by Gasteiger charge is -2.13.